The van der Waals surface area contributed by atoms with Crippen LogP contribution in [0.1, 0.15) is 21.5 Å². The summed E-state index contributed by atoms with van der Waals surface area (Å²) in [4.78, 5) is 24.5. The number of pyridine rings is 1. The molecule has 0 unspecified atom stereocenters. The molecule has 0 radical (unpaired) electrons. The number of hydrazine groups is 1. The second-order valence-electron chi connectivity index (χ2n) is 5.65. The van der Waals surface area contributed by atoms with Crippen LogP contribution in [-0.2, 0) is 5.75 Å². The Labute approximate surface area is 167 Å². The van der Waals surface area contributed by atoms with E-state index < -0.39 is 0 Å². The van der Waals surface area contributed by atoms with E-state index in [1.807, 2.05) is 18.2 Å². The molecule has 0 fully saturated rings. The van der Waals surface area contributed by atoms with Crippen molar-refractivity contribution in [1.82, 2.24) is 25.8 Å². The van der Waals surface area contributed by atoms with E-state index in [1.54, 1.807) is 43.9 Å². The summed E-state index contributed by atoms with van der Waals surface area (Å²) in [6, 6.07) is 10.9. The highest BCUT2D eigenvalue weighted by atomic mass is 32.2. The summed E-state index contributed by atoms with van der Waals surface area (Å²) in [5.74, 6) is 1.11. The molecule has 0 aliphatic carbocycles. The number of thioether (sulfide) groups is 1. The van der Waals surface area contributed by atoms with E-state index in [0.717, 1.165) is 16.9 Å². The molecule has 3 aromatic rings. The number of hydrogen-bond acceptors (Lipinski definition) is 7. The highest BCUT2D eigenvalue weighted by Crippen LogP contribution is 2.28. The van der Waals surface area contributed by atoms with E-state index in [9.17, 15) is 4.79 Å². The fourth-order valence-corrected chi connectivity index (χ4v) is 3.14. The van der Waals surface area contributed by atoms with Crippen LogP contribution in [0, 0.1) is 0 Å². The molecule has 0 saturated carbocycles. The van der Waals surface area contributed by atoms with Crippen LogP contribution in [0.5, 0.6) is 5.75 Å². The Kier molecular flexibility index (Phi) is 6.59. The highest BCUT2D eigenvalue weighted by molar-refractivity contribution is 7.98. The van der Waals surface area contributed by atoms with Gasteiger partial charge in [0.15, 0.2) is 5.16 Å². The van der Waals surface area contributed by atoms with Gasteiger partial charge in [-0.3, -0.25) is 20.6 Å². The minimum Gasteiger partial charge on any atom is -0.496 e. The monoisotopic (exact) mass is 393 g/mol. The van der Waals surface area contributed by atoms with Crippen molar-refractivity contribution in [3.63, 3.8) is 0 Å². The molecule has 1 amide bonds. The number of methoxy groups -OCH3 is 1. The quantitative estimate of drug-likeness (QED) is 0.345. The number of aromatic nitrogens is 3. The molecule has 7 nitrogen and oxygen atoms in total. The van der Waals surface area contributed by atoms with Crippen LogP contribution >= 0.6 is 11.8 Å². The molecule has 8 heteroatoms. The number of hydrogen-bond donors (Lipinski definition) is 2. The number of amides is 1. The van der Waals surface area contributed by atoms with Gasteiger partial charge in [-0.15, -0.1) is 0 Å². The van der Waals surface area contributed by atoms with Gasteiger partial charge >= 0.3 is 0 Å². The van der Waals surface area contributed by atoms with Crippen molar-refractivity contribution >= 4 is 23.4 Å². The Balaban J connectivity index is 1.66. The lowest BCUT2D eigenvalue weighted by Gasteiger charge is -2.14. The SMILES string of the molecule is C=C(NNC(=O)c1cccnc1)c1ccc(OC)c(CSc2ncccn2)c1. The van der Waals surface area contributed by atoms with Gasteiger partial charge in [0.05, 0.1) is 18.4 Å². The van der Waals surface area contributed by atoms with E-state index in [1.165, 1.54) is 18.0 Å². The Morgan fingerprint density at radius 2 is 1.93 bits per heavy atom. The minimum atomic E-state index is -0.292. The Morgan fingerprint density at radius 1 is 1.11 bits per heavy atom. The second kappa shape index (κ2) is 9.52. The fraction of sp³-hybridized carbons (Fsp3) is 0.100. The molecule has 0 saturated heterocycles. The molecule has 142 valence electrons. The Hall–Kier alpha value is -3.39. The van der Waals surface area contributed by atoms with Crippen LogP contribution in [0.25, 0.3) is 5.70 Å². The standard InChI is InChI=1S/C20H19N5O2S/c1-14(24-25-19(26)16-5-3-8-21-12-16)15-6-7-18(27-2)17(11-15)13-28-20-22-9-4-10-23-20/h3-12,24H,1,13H2,2H3,(H,25,26). The van der Waals surface area contributed by atoms with Gasteiger partial charge in [-0.25, -0.2) is 9.97 Å². The Bertz CT molecular complexity index is 951. The van der Waals surface area contributed by atoms with Gasteiger partial charge in [0.2, 0.25) is 0 Å². The molecule has 1 aromatic carbocycles. The zero-order chi connectivity index (χ0) is 19.8. The highest BCUT2D eigenvalue weighted by Gasteiger charge is 2.10. The summed E-state index contributed by atoms with van der Waals surface area (Å²) in [6.07, 6.45) is 6.52. The first-order chi connectivity index (χ1) is 13.7. The fourth-order valence-electron chi connectivity index (χ4n) is 2.35. The minimum absolute atomic E-state index is 0.292. The maximum atomic E-state index is 12.1. The van der Waals surface area contributed by atoms with Crippen LogP contribution in [0.4, 0.5) is 0 Å². The number of carbonyl (C=O) groups is 1. The third-order valence-corrected chi connectivity index (χ3v) is 4.70. The maximum Gasteiger partial charge on any atom is 0.271 e. The van der Waals surface area contributed by atoms with Gasteiger partial charge in [0.1, 0.15) is 5.75 Å². The molecule has 0 aliphatic rings. The number of carbonyl (C=O) groups excluding carboxylic acids is 1. The van der Waals surface area contributed by atoms with Crippen molar-refractivity contribution in [2.24, 2.45) is 0 Å². The first-order valence-electron chi connectivity index (χ1n) is 8.40. The van der Waals surface area contributed by atoms with Crippen molar-refractivity contribution in [1.29, 1.82) is 0 Å². The van der Waals surface area contributed by atoms with E-state index in [-0.39, 0.29) is 5.91 Å². The van der Waals surface area contributed by atoms with Gasteiger partial charge in [0, 0.05) is 36.1 Å². The van der Waals surface area contributed by atoms with Crippen LogP contribution in [-0.4, -0.2) is 28.0 Å². The summed E-state index contributed by atoms with van der Waals surface area (Å²) >= 11 is 1.51. The molecule has 0 atom stereocenters. The van der Waals surface area contributed by atoms with Gasteiger partial charge in [-0.05, 0) is 42.0 Å². The van der Waals surface area contributed by atoms with Crippen LogP contribution in [0.3, 0.4) is 0 Å². The molecule has 0 bridgehead atoms. The summed E-state index contributed by atoms with van der Waals surface area (Å²) in [6.45, 7) is 3.99. The van der Waals surface area contributed by atoms with Crippen LogP contribution in [0.15, 0.2) is 72.9 Å². The molecule has 0 aliphatic heterocycles. The predicted octanol–water partition coefficient (Wildman–Crippen LogP) is 3.08. The predicted molar refractivity (Wildman–Crippen MR) is 108 cm³/mol. The van der Waals surface area contributed by atoms with Crippen LogP contribution in [0.2, 0.25) is 0 Å². The lowest BCUT2D eigenvalue weighted by molar-refractivity contribution is 0.0942. The summed E-state index contributed by atoms with van der Waals surface area (Å²) in [5, 5.41) is 0.690. The first-order valence-corrected chi connectivity index (χ1v) is 9.38. The Morgan fingerprint density at radius 3 is 2.64 bits per heavy atom. The molecule has 28 heavy (non-hydrogen) atoms. The third kappa shape index (κ3) is 5.08. The summed E-state index contributed by atoms with van der Waals surface area (Å²) in [7, 11) is 1.63. The summed E-state index contributed by atoms with van der Waals surface area (Å²) in [5.41, 5.74) is 8.27. The average molecular weight is 393 g/mol. The van der Waals surface area contributed by atoms with E-state index in [0.29, 0.717) is 22.2 Å². The number of nitrogens with zero attached hydrogens (tertiary/aromatic N) is 3. The molecule has 2 aromatic heterocycles. The van der Waals surface area contributed by atoms with E-state index >= 15 is 0 Å². The van der Waals surface area contributed by atoms with Gasteiger partial charge < -0.3 is 4.74 Å². The number of nitrogens with one attached hydrogen (secondary N) is 2. The smallest absolute Gasteiger partial charge is 0.271 e. The molecular weight excluding hydrogens is 374 g/mol. The van der Waals surface area contributed by atoms with Gasteiger partial charge in [-0.1, -0.05) is 18.3 Å². The lowest BCUT2D eigenvalue weighted by atomic mass is 10.1. The normalized spacial score (nSPS) is 10.2. The van der Waals surface area contributed by atoms with Crippen LogP contribution < -0.4 is 15.6 Å². The third-order valence-electron chi connectivity index (χ3n) is 3.78. The average Bonchev–Trinajstić information content (AvgIpc) is 2.76. The van der Waals surface area contributed by atoms with Crippen molar-refractivity contribution in [3.05, 3.63) is 84.5 Å². The molecule has 0 spiro atoms. The van der Waals surface area contributed by atoms with E-state index in [4.69, 9.17) is 4.74 Å². The molecule has 2 heterocycles. The van der Waals surface area contributed by atoms with Gasteiger partial charge in [-0.2, -0.15) is 0 Å². The summed E-state index contributed by atoms with van der Waals surface area (Å²) < 4.78 is 5.44. The molecule has 2 N–H and O–H groups in total. The van der Waals surface area contributed by atoms with Crippen molar-refractivity contribution in [3.8, 4) is 5.75 Å². The molecule has 3 rings (SSSR count). The number of rotatable bonds is 8. The lowest BCUT2D eigenvalue weighted by Crippen LogP contribution is -2.35. The zero-order valence-corrected chi connectivity index (χ0v) is 16.1. The van der Waals surface area contributed by atoms with Crippen molar-refractivity contribution < 1.29 is 9.53 Å². The van der Waals surface area contributed by atoms with Gasteiger partial charge in [0.25, 0.3) is 5.91 Å². The largest absolute Gasteiger partial charge is 0.496 e. The second-order valence-corrected chi connectivity index (χ2v) is 6.59. The van der Waals surface area contributed by atoms with Crippen molar-refractivity contribution in [2.75, 3.05) is 7.11 Å². The number of ether oxygens (including phenoxy) is 1. The molecular formula is C20H19N5O2S. The van der Waals surface area contributed by atoms with E-state index in [2.05, 4.69) is 32.4 Å². The topological polar surface area (TPSA) is 89.0 Å². The zero-order valence-electron chi connectivity index (χ0n) is 15.3. The van der Waals surface area contributed by atoms with Crippen molar-refractivity contribution in [2.45, 2.75) is 10.9 Å². The first kappa shape index (κ1) is 19.4. The number of benzene rings is 1. The maximum absolute atomic E-state index is 12.1.